The summed E-state index contributed by atoms with van der Waals surface area (Å²) in [7, 11) is 0. The molecule has 36 heavy (non-hydrogen) atoms. The molecule has 2 saturated heterocycles. The minimum atomic E-state index is -2.06. The van der Waals surface area contributed by atoms with E-state index in [4.69, 9.17) is 14.7 Å². The summed E-state index contributed by atoms with van der Waals surface area (Å²) in [4.78, 5) is 19.4. The lowest BCUT2D eigenvalue weighted by atomic mass is 10.1. The quantitative estimate of drug-likeness (QED) is 0.390. The summed E-state index contributed by atoms with van der Waals surface area (Å²) in [5.41, 5.74) is 3.50. The summed E-state index contributed by atoms with van der Waals surface area (Å²) < 4.78 is 44.6. The molecular weight excluding hydrogens is 485 g/mol. The lowest BCUT2D eigenvalue weighted by molar-refractivity contribution is 0.122. The van der Waals surface area contributed by atoms with Crippen LogP contribution in [-0.2, 0) is 22.4 Å². The zero-order chi connectivity index (χ0) is 24.6. The minimum absolute atomic E-state index is 0.0734. The van der Waals surface area contributed by atoms with E-state index >= 15 is 4.39 Å². The molecule has 0 saturated carbocycles. The van der Waals surface area contributed by atoms with Crippen molar-refractivity contribution in [3.8, 4) is 11.3 Å². The third kappa shape index (κ3) is 4.62. The van der Waals surface area contributed by atoms with Gasteiger partial charge in [-0.2, -0.15) is 0 Å². The monoisotopic (exact) mass is 512 g/mol. The van der Waals surface area contributed by atoms with Crippen molar-refractivity contribution in [3.63, 3.8) is 0 Å². The van der Waals surface area contributed by atoms with Crippen molar-refractivity contribution < 1.29 is 17.9 Å². The van der Waals surface area contributed by atoms with Gasteiger partial charge in [-0.25, -0.2) is 14.4 Å². The zero-order valence-electron chi connectivity index (χ0n) is 19.7. The number of imidazole rings is 1. The average Bonchev–Trinajstić information content (AvgIpc) is 3.51. The maximum absolute atomic E-state index is 15.1. The molecule has 0 aliphatic carbocycles. The first-order valence-corrected chi connectivity index (χ1v) is 13.3. The molecule has 2 aliphatic heterocycles. The molecule has 0 radical (unpaired) electrons. The molecule has 3 aromatic heterocycles. The van der Waals surface area contributed by atoms with Gasteiger partial charge >= 0.3 is 0 Å². The maximum atomic E-state index is 15.1. The zero-order valence-corrected chi connectivity index (χ0v) is 20.5. The summed E-state index contributed by atoms with van der Waals surface area (Å²) in [5.74, 6) is 0.472. The van der Waals surface area contributed by atoms with Gasteiger partial charge in [0.2, 0.25) is 0 Å². The van der Waals surface area contributed by atoms with Crippen molar-refractivity contribution in [1.82, 2.24) is 29.2 Å². The van der Waals surface area contributed by atoms with Crippen LogP contribution in [0.1, 0.15) is 5.69 Å². The standard InChI is InChI=1S/C24H28FN7O3S/c25-19-1-2-20-18(3-4-26-20)22(19)21-15-32-14-17(13-29-5-7-30(8-6-29)16-36(33)34)27-23(32)24(28-21)31-9-11-35-12-10-31/h1-4,14-15,26H,5-13,16H2,(H,33,34)/p-1. The molecule has 5 heterocycles. The Hall–Kier alpha value is -2.90. The van der Waals surface area contributed by atoms with E-state index in [1.807, 2.05) is 27.8 Å². The number of H-pyrrole nitrogens is 1. The number of nitrogens with zero attached hydrogens (tertiary/aromatic N) is 6. The highest BCUT2D eigenvalue weighted by Gasteiger charge is 2.23. The number of piperazine rings is 1. The molecule has 1 unspecified atom stereocenters. The number of aromatic amines is 1. The van der Waals surface area contributed by atoms with Crippen molar-refractivity contribution in [3.05, 3.63) is 48.3 Å². The average molecular weight is 513 g/mol. The molecule has 1 aromatic carbocycles. The Morgan fingerprint density at radius 3 is 2.58 bits per heavy atom. The van der Waals surface area contributed by atoms with Crippen molar-refractivity contribution in [2.24, 2.45) is 0 Å². The molecule has 1 atom stereocenters. The van der Waals surface area contributed by atoms with Crippen LogP contribution in [0.5, 0.6) is 0 Å². The first-order chi connectivity index (χ1) is 17.5. The number of nitrogens with one attached hydrogen (secondary N) is 1. The number of halogens is 1. The van der Waals surface area contributed by atoms with E-state index in [-0.39, 0.29) is 11.7 Å². The smallest absolute Gasteiger partial charge is 0.180 e. The Bertz CT molecular complexity index is 1410. The molecule has 6 rings (SSSR count). The maximum Gasteiger partial charge on any atom is 0.180 e. The minimum Gasteiger partial charge on any atom is -0.771 e. The largest absolute Gasteiger partial charge is 0.771 e. The highest BCUT2D eigenvalue weighted by atomic mass is 32.2. The second-order valence-corrected chi connectivity index (χ2v) is 10.1. The molecule has 0 bridgehead atoms. The molecule has 2 aliphatic rings. The van der Waals surface area contributed by atoms with Crippen LogP contribution in [0, 0.1) is 5.82 Å². The fourth-order valence-corrected chi connectivity index (χ4v) is 5.59. The second-order valence-electron chi connectivity index (χ2n) is 9.20. The van der Waals surface area contributed by atoms with E-state index in [1.165, 1.54) is 6.07 Å². The molecule has 0 amide bonds. The van der Waals surface area contributed by atoms with E-state index in [2.05, 4.69) is 14.8 Å². The number of morpholine rings is 1. The fourth-order valence-electron chi connectivity index (χ4n) is 5.04. The number of hydrogen-bond donors (Lipinski definition) is 1. The summed E-state index contributed by atoms with van der Waals surface area (Å²) in [6.07, 6.45) is 5.64. The van der Waals surface area contributed by atoms with Gasteiger partial charge in [0.05, 0.1) is 30.5 Å². The SMILES string of the molecule is O=S([O-])CN1CCN(Cc2cn3cc(-c4c(F)ccc5[nH]ccc45)nc(N4CCOCC4)c3n2)CC1. The lowest BCUT2D eigenvalue weighted by Crippen LogP contribution is -2.46. The Kier molecular flexibility index (Phi) is 6.44. The van der Waals surface area contributed by atoms with E-state index in [1.54, 1.807) is 12.3 Å². The summed E-state index contributed by atoms with van der Waals surface area (Å²) in [6, 6.07) is 5.07. The van der Waals surface area contributed by atoms with Gasteiger partial charge in [-0.1, -0.05) is 0 Å². The van der Waals surface area contributed by atoms with E-state index in [9.17, 15) is 8.76 Å². The number of rotatable bonds is 6. The fraction of sp³-hybridized carbons (Fsp3) is 0.417. The van der Waals surface area contributed by atoms with Crippen LogP contribution in [0.2, 0.25) is 0 Å². The predicted molar refractivity (Wildman–Crippen MR) is 134 cm³/mol. The first kappa shape index (κ1) is 23.5. The second kappa shape index (κ2) is 9.87. The molecule has 12 heteroatoms. The van der Waals surface area contributed by atoms with Crippen LogP contribution in [0.15, 0.2) is 36.8 Å². The van der Waals surface area contributed by atoms with Gasteiger partial charge in [-0.15, -0.1) is 0 Å². The summed E-state index contributed by atoms with van der Waals surface area (Å²) >= 11 is -2.06. The van der Waals surface area contributed by atoms with Gasteiger partial charge in [0, 0.05) is 80.9 Å². The predicted octanol–water partition coefficient (Wildman–Crippen LogP) is 1.81. The Morgan fingerprint density at radius 2 is 1.81 bits per heavy atom. The van der Waals surface area contributed by atoms with Crippen molar-refractivity contribution in [1.29, 1.82) is 0 Å². The summed E-state index contributed by atoms with van der Waals surface area (Å²) in [5, 5.41) is 0.784. The van der Waals surface area contributed by atoms with Crippen LogP contribution in [0.25, 0.3) is 27.8 Å². The van der Waals surface area contributed by atoms with Gasteiger partial charge in [-0.3, -0.25) is 14.0 Å². The molecular formula is C24H27FN7O3S-. The van der Waals surface area contributed by atoms with Gasteiger partial charge in [0.1, 0.15) is 5.82 Å². The molecule has 0 spiro atoms. The van der Waals surface area contributed by atoms with Crippen LogP contribution < -0.4 is 4.90 Å². The van der Waals surface area contributed by atoms with Crippen LogP contribution in [0.4, 0.5) is 10.2 Å². The van der Waals surface area contributed by atoms with Gasteiger partial charge in [-0.05, 0) is 29.3 Å². The number of hydrogen-bond acceptors (Lipinski definition) is 8. The van der Waals surface area contributed by atoms with Crippen molar-refractivity contribution in [2.45, 2.75) is 6.54 Å². The highest BCUT2D eigenvalue weighted by molar-refractivity contribution is 7.79. The normalized spacial score (nSPS) is 18.9. The molecule has 190 valence electrons. The Balaban J connectivity index is 1.36. The van der Waals surface area contributed by atoms with Gasteiger partial charge in [0.15, 0.2) is 11.5 Å². The van der Waals surface area contributed by atoms with Crippen LogP contribution in [0.3, 0.4) is 0 Å². The van der Waals surface area contributed by atoms with E-state index < -0.39 is 11.1 Å². The first-order valence-electron chi connectivity index (χ1n) is 12.0. The van der Waals surface area contributed by atoms with Gasteiger partial charge < -0.3 is 23.6 Å². The highest BCUT2D eigenvalue weighted by Crippen LogP contribution is 2.32. The topological polar surface area (TPSA) is 105 Å². The van der Waals surface area contributed by atoms with Crippen molar-refractivity contribution in [2.75, 3.05) is 63.3 Å². The Morgan fingerprint density at radius 1 is 1.03 bits per heavy atom. The lowest BCUT2D eigenvalue weighted by Gasteiger charge is -2.34. The van der Waals surface area contributed by atoms with E-state index in [0.717, 1.165) is 41.2 Å². The third-order valence-corrected chi connectivity index (χ3v) is 7.43. The van der Waals surface area contributed by atoms with Crippen molar-refractivity contribution >= 4 is 33.4 Å². The number of ether oxygens (including phenoxy) is 1. The molecule has 4 aromatic rings. The van der Waals surface area contributed by atoms with Crippen LogP contribution in [-0.4, -0.2) is 96.3 Å². The molecule has 1 N–H and O–H groups in total. The molecule has 2 fully saturated rings. The number of fused-ring (bicyclic) bond motifs is 2. The Labute approximate surface area is 210 Å². The number of aromatic nitrogens is 4. The van der Waals surface area contributed by atoms with Crippen LogP contribution >= 0.6 is 0 Å². The summed E-state index contributed by atoms with van der Waals surface area (Å²) in [6.45, 7) is 6.17. The number of benzene rings is 1. The van der Waals surface area contributed by atoms with Gasteiger partial charge in [0.25, 0.3) is 0 Å². The third-order valence-electron chi connectivity index (χ3n) is 6.86. The molecule has 10 nitrogen and oxygen atoms in total. The van der Waals surface area contributed by atoms with E-state index in [0.29, 0.717) is 57.2 Å². The number of anilines is 1.